The van der Waals surface area contributed by atoms with E-state index in [1.807, 2.05) is 0 Å². The molecule has 1 fully saturated rings. The number of benzene rings is 2. The maximum atomic E-state index is 13.0. The van der Waals surface area contributed by atoms with Crippen molar-refractivity contribution in [2.45, 2.75) is 13.3 Å². The molecule has 2 aromatic rings. The zero-order chi connectivity index (χ0) is 21.0. The molecule has 2 N–H and O–H groups in total. The van der Waals surface area contributed by atoms with Gasteiger partial charge in [-0.05, 0) is 55.5 Å². The van der Waals surface area contributed by atoms with Gasteiger partial charge < -0.3 is 15.5 Å². The van der Waals surface area contributed by atoms with E-state index in [4.69, 9.17) is 0 Å². The van der Waals surface area contributed by atoms with Crippen molar-refractivity contribution >= 4 is 34.9 Å². The Balaban J connectivity index is 1.50. The number of halogens is 1. The van der Waals surface area contributed by atoms with Crippen LogP contribution in [0.2, 0.25) is 0 Å². The van der Waals surface area contributed by atoms with Gasteiger partial charge >= 0.3 is 0 Å². The molecule has 1 aliphatic rings. The van der Waals surface area contributed by atoms with Gasteiger partial charge in [0.15, 0.2) is 5.78 Å². The molecule has 3 amide bonds. The average molecular weight is 397 g/mol. The predicted octanol–water partition coefficient (Wildman–Crippen LogP) is 2.14. The van der Waals surface area contributed by atoms with Gasteiger partial charge in [0.1, 0.15) is 5.82 Å². The molecule has 0 aromatic heterocycles. The largest absolute Gasteiger partial charge is 0.347 e. The highest BCUT2D eigenvalue weighted by Crippen LogP contribution is 2.25. The number of nitrogens with one attached hydrogen (secondary N) is 2. The molecule has 29 heavy (non-hydrogen) atoms. The minimum Gasteiger partial charge on any atom is -0.347 e. The Morgan fingerprint density at radius 1 is 1.07 bits per heavy atom. The smallest absolute Gasteiger partial charge is 0.243 e. The number of nitrogens with zero attached hydrogens (tertiary/aromatic N) is 1. The van der Waals surface area contributed by atoms with Gasteiger partial charge in [-0.15, -0.1) is 0 Å². The lowest BCUT2D eigenvalue weighted by atomic mass is 10.1. The number of carbonyl (C=O) groups excluding carboxylic acids is 4. The molecule has 0 spiro atoms. The van der Waals surface area contributed by atoms with Crippen LogP contribution < -0.4 is 15.5 Å². The van der Waals surface area contributed by atoms with Crippen LogP contribution in [0.5, 0.6) is 0 Å². The molecule has 8 heteroatoms. The topological polar surface area (TPSA) is 95.6 Å². The van der Waals surface area contributed by atoms with Gasteiger partial charge in [-0.1, -0.05) is 0 Å². The molecular weight excluding hydrogens is 377 g/mol. The predicted molar refractivity (Wildman–Crippen MR) is 105 cm³/mol. The lowest BCUT2D eigenvalue weighted by Crippen LogP contribution is -2.37. The minimum atomic E-state index is -0.588. The lowest BCUT2D eigenvalue weighted by Gasteiger charge is -2.16. The van der Waals surface area contributed by atoms with E-state index in [1.54, 1.807) is 24.3 Å². The van der Waals surface area contributed by atoms with Crippen LogP contribution in [0.4, 0.5) is 15.8 Å². The van der Waals surface area contributed by atoms with Crippen LogP contribution in [0.1, 0.15) is 23.7 Å². The van der Waals surface area contributed by atoms with Crippen LogP contribution in [0.25, 0.3) is 0 Å². The second-order valence-electron chi connectivity index (χ2n) is 6.78. The normalized spacial score (nSPS) is 15.9. The van der Waals surface area contributed by atoms with E-state index in [0.717, 1.165) is 0 Å². The van der Waals surface area contributed by atoms with Crippen LogP contribution in [-0.4, -0.2) is 36.6 Å². The van der Waals surface area contributed by atoms with Crippen molar-refractivity contribution in [1.29, 1.82) is 0 Å². The Bertz CT molecular complexity index is 941. The van der Waals surface area contributed by atoms with Gasteiger partial charge in [-0.3, -0.25) is 19.2 Å². The summed E-state index contributed by atoms with van der Waals surface area (Å²) in [6.07, 6.45) is 0.0251. The van der Waals surface area contributed by atoms with Crippen molar-refractivity contribution in [3.8, 4) is 0 Å². The van der Waals surface area contributed by atoms with Crippen molar-refractivity contribution in [1.82, 2.24) is 5.32 Å². The molecule has 7 nitrogen and oxygen atoms in total. The van der Waals surface area contributed by atoms with Crippen molar-refractivity contribution in [3.05, 3.63) is 59.9 Å². The summed E-state index contributed by atoms with van der Waals surface area (Å²) in [4.78, 5) is 49.2. The standard InChI is InChI=1S/C21H20FN3O4/c1-13(26)14-2-6-17(7-3-14)24-19(27)11-23-21(29)15-10-20(28)25(12-15)18-8-4-16(22)5-9-18/h2-9,15H,10-12H2,1H3,(H,23,29)(H,24,27)/t15-/m0/s1. The Kier molecular flexibility index (Phi) is 6.01. The Labute approximate surface area is 166 Å². The number of ketones is 1. The number of hydrogen-bond donors (Lipinski definition) is 2. The zero-order valence-corrected chi connectivity index (χ0v) is 15.8. The molecular formula is C21H20FN3O4. The summed E-state index contributed by atoms with van der Waals surface area (Å²) in [6.45, 7) is 1.38. The average Bonchev–Trinajstić information content (AvgIpc) is 3.09. The molecule has 0 unspecified atom stereocenters. The van der Waals surface area contributed by atoms with Gasteiger partial charge in [0.2, 0.25) is 17.7 Å². The summed E-state index contributed by atoms with van der Waals surface area (Å²) in [5, 5.41) is 5.16. The molecule has 2 aromatic carbocycles. The number of rotatable bonds is 6. The number of hydrogen-bond acceptors (Lipinski definition) is 4. The van der Waals surface area contributed by atoms with Crippen LogP contribution >= 0.6 is 0 Å². The molecule has 1 heterocycles. The van der Waals surface area contributed by atoms with Crippen molar-refractivity contribution in [2.75, 3.05) is 23.3 Å². The number of Topliss-reactive ketones (excluding diaryl/α,β-unsaturated/α-hetero) is 1. The quantitative estimate of drug-likeness (QED) is 0.730. The van der Waals surface area contributed by atoms with Crippen LogP contribution in [0, 0.1) is 11.7 Å². The number of anilines is 2. The van der Waals surface area contributed by atoms with Gasteiger partial charge in [-0.25, -0.2) is 4.39 Å². The third-order valence-electron chi connectivity index (χ3n) is 4.63. The maximum Gasteiger partial charge on any atom is 0.243 e. The van der Waals surface area contributed by atoms with Crippen LogP contribution in [0.3, 0.4) is 0 Å². The molecule has 0 radical (unpaired) electrons. The summed E-state index contributed by atoms with van der Waals surface area (Å²) in [6, 6.07) is 11.9. The van der Waals surface area contributed by atoms with E-state index in [-0.39, 0.29) is 31.2 Å². The van der Waals surface area contributed by atoms with Crippen molar-refractivity contribution in [3.63, 3.8) is 0 Å². The minimum absolute atomic E-state index is 0.0251. The SMILES string of the molecule is CC(=O)c1ccc(NC(=O)CNC(=O)[C@H]2CC(=O)N(c3ccc(F)cc3)C2)cc1. The highest BCUT2D eigenvalue weighted by atomic mass is 19.1. The third kappa shape index (κ3) is 5.04. The van der Waals surface area contributed by atoms with E-state index in [9.17, 15) is 23.6 Å². The van der Waals surface area contributed by atoms with Crippen LogP contribution in [0.15, 0.2) is 48.5 Å². The highest BCUT2D eigenvalue weighted by molar-refractivity contribution is 6.01. The second-order valence-corrected chi connectivity index (χ2v) is 6.78. The summed E-state index contributed by atoms with van der Waals surface area (Å²) >= 11 is 0. The first kappa shape index (κ1) is 20.2. The molecule has 0 aliphatic carbocycles. The van der Waals surface area contributed by atoms with E-state index >= 15 is 0 Å². The van der Waals surface area contributed by atoms with Gasteiger partial charge in [0, 0.05) is 29.9 Å². The fourth-order valence-corrected chi connectivity index (χ4v) is 3.06. The zero-order valence-electron chi connectivity index (χ0n) is 15.8. The summed E-state index contributed by atoms with van der Waals surface area (Å²) < 4.78 is 13.0. The fraction of sp³-hybridized carbons (Fsp3) is 0.238. The Morgan fingerprint density at radius 3 is 2.34 bits per heavy atom. The van der Waals surface area contributed by atoms with Crippen molar-refractivity contribution < 1.29 is 23.6 Å². The summed E-state index contributed by atoms with van der Waals surface area (Å²) in [7, 11) is 0. The first-order valence-electron chi connectivity index (χ1n) is 9.08. The Hall–Kier alpha value is -3.55. The monoisotopic (exact) mass is 397 g/mol. The number of amides is 3. The highest BCUT2D eigenvalue weighted by Gasteiger charge is 2.35. The first-order valence-corrected chi connectivity index (χ1v) is 9.08. The van der Waals surface area contributed by atoms with E-state index in [1.165, 1.54) is 36.1 Å². The maximum absolute atomic E-state index is 13.0. The first-order chi connectivity index (χ1) is 13.8. The molecule has 1 atom stereocenters. The Morgan fingerprint density at radius 2 is 1.72 bits per heavy atom. The molecule has 3 rings (SSSR count). The van der Waals surface area contributed by atoms with Crippen molar-refractivity contribution in [2.24, 2.45) is 5.92 Å². The van der Waals surface area contributed by atoms with Gasteiger partial charge in [-0.2, -0.15) is 0 Å². The van der Waals surface area contributed by atoms with Crippen LogP contribution in [-0.2, 0) is 14.4 Å². The third-order valence-corrected chi connectivity index (χ3v) is 4.63. The fourth-order valence-electron chi connectivity index (χ4n) is 3.06. The molecule has 1 saturated heterocycles. The molecule has 0 bridgehead atoms. The second kappa shape index (κ2) is 8.64. The summed E-state index contributed by atoms with van der Waals surface area (Å²) in [5.74, 6) is -2.12. The van der Waals surface area contributed by atoms with Gasteiger partial charge in [0.05, 0.1) is 12.5 Å². The lowest BCUT2D eigenvalue weighted by molar-refractivity contribution is -0.127. The molecule has 150 valence electrons. The van der Waals surface area contributed by atoms with E-state index in [0.29, 0.717) is 16.9 Å². The molecule has 1 aliphatic heterocycles. The summed E-state index contributed by atoms with van der Waals surface area (Å²) in [5.41, 5.74) is 1.57. The van der Waals surface area contributed by atoms with E-state index in [2.05, 4.69) is 10.6 Å². The molecule has 0 saturated carbocycles. The van der Waals surface area contributed by atoms with Gasteiger partial charge in [0.25, 0.3) is 0 Å². The van der Waals surface area contributed by atoms with E-state index < -0.39 is 23.5 Å². The number of carbonyl (C=O) groups is 4.